The van der Waals surface area contributed by atoms with Gasteiger partial charge in [-0.25, -0.2) is 8.42 Å². The predicted molar refractivity (Wildman–Crippen MR) is 75.8 cm³/mol. The van der Waals surface area contributed by atoms with Crippen molar-refractivity contribution >= 4 is 15.5 Å². The number of sulfone groups is 1. The summed E-state index contributed by atoms with van der Waals surface area (Å²) >= 11 is 0. The van der Waals surface area contributed by atoms with E-state index >= 15 is 0 Å². The van der Waals surface area contributed by atoms with Crippen molar-refractivity contribution in [2.24, 2.45) is 0 Å². The zero-order valence-electron chi connectivity index (χ0n) is 11.3. The van der Waals surface area contributed by atoms with Gasteiger partial charge in [-0.3, -0.25) is 0 Å². The van der Waals surface area contributed by atoms with Gasteiger partial charge in [0.25, 0.3) is 0 Å². The number of nitrogens with one attached hydrogen (secondary N) is 1. The van der Waals surface area contributed by atoms with Gasteiger partial charge in [0.1, 0.15) is 0 Å². The number of nitrogens with zero attached hydrogens (tertiary/aromatic N) is 1. The molecular formula is C13H22N2O2S. The second kappa shape index (κ2) is 6.75. The number of anilines is 1. The molecule has 0 amide bonds. The maximum absolute atomic E-state index is 11.9. The number of para-hydroxylation sites is 1. The quantitative estimate of drug-likeness (QED) is 0.768. The van der Waals surface area contributed by atoms with E-state index in [9.17, 15) is 8.42 Å². The number of hydrogen-bond acceptors (Lipinski definition) is 4. The van der Waals surface area contributed by atoms with E-state index in [4.69, 9.17) is 0 Å². The lowest BCUT2D eigenvalue weighted by atomic mass is 10.3. The molecule has 0 spiro atoms. The number of benzene rings is 1. The first-order chi connectivity index (χ1) is 8.47. The molecule has 5 heteroatoms. The van der Waals surface area contributed by atoms with Crippen molar-refractivity contribution < 1.29 is 8.42 Å². The van der Waals surface area contributed by atoms with Crippen LogP contribution >= 0.6 is 0 Å². The van der Waals surface area contributed by atoms with Crippen LogP contribution in [-0.2, 0) is 9.84 Å². The lowest BCUT2D eigenvalue weighted by Gasteiger charge is -2.13. The van der Waals surface area contributed by atoms with Gasteiger partial charge >= 0.3 is 0 Å². The van der Waals surface area contributed by atoms with Gasteiger partial charge in [-0.2, -0.15) is 0 Å². The lowest BCUT2D eigenvalue weighted by Crippen LogP contribution is -2.17. The van der Waals surface area contributed by atoms with Gasteiger partial charge in [-0.1, -0.05) is 19.1 Å². The molecule has 0 bridgehead atoms. The SMILES string of the molecule is CCS(=O)(=O)c1ccccc1NCCCN(C)C. The van der Waals surface area contributed by atoms with E-state index in [1.807, 2.05) is 26.2 Å². The van der Waals surface area contributed by atoms with Crippen LogP contribution in [0.2, 0.25) is 0 Å². The highest BCUT2D eigenvalue weighted by Gasteiger charge is 2.15. The monoisotopic (exact) mass is 270 g/mol. The molecule has 0 heterocycles. The Balaban J connectivity index is 2.72. The Morgan fingerprint density at radius 2 is 1.89 bits per heavy atom. The standard InChI is InChI=1S/C13H22N2O2S/c1-4-18(16,17)13-9-6-5-8-12(13)14-10-7-11-15(2)3/h5-6,8-9,14H,4,7,10-11H2,1-3H3. The summed E-state index contributed by atoms with van der Waals surface area (Å²) in [5.41, 5.74) is 0.707. The first-order valence-electron chi connectivity index (χ1n) is 6.17. The molecule has 1 N–H and O–H groups in total. The summed E-state index contributed by atoms with van der Waals surface area (Å²) in [5.74, 6) is 0.128. The molecule has 0 aliphatic heterocycles. The third-order valence-corrected chi connectivity index (χ3v) is 4.49. The topological polar surface area (TPSA) is 49.4 Å². The van der Waals surface area contributed by atoms with Crippen molar-refractivity contribution in [1.82, 2.24) is 4.90 Å². The van der Waals surface area contributed by atoms with Crippen LogP contribution in [0.15, 0.2) is 29.2 Å². The average Bonchev–Trinajstić information content (AvgIpc) is 2.35. The van der Waals surface area contributed by atoms with E-state index in [0.717, 1.165) is 19.5 Å². The minimum absolute atomic E-state index is 0.128. The Kier molecular flexibility index (Phi) is 5.62. The van der Waals surface area contributed by atoms with Gasteiger partial charge in [0.15, 0.2) is 9.84 Å². The molecule has 1 aromatic carbocycles. The normalized spacial score (nSPS) is 11.8. The zero-order chi connectivity index (χ0) is 13.6. The maximum atomic E-state index is 11.9. The number of rotatable bonds is 7. The highest BCUT2D eigenvalue weighted by atomic mass is 32.2. The van der Waals surface area contributed by atoms with Crippen LogP contribution in [0.4, 0.5) is 5.69 Å². The average molecular weight is 270 g/mol. The fraction of sp³-hybridized carbons (Fsp3) is 0.538. The predicted octanol–water partition coefficient (Wildman–Crippen LogP) is 1.84. The molecule has 0 saturated heterocycles. The van der Waals surface area contributed by atoms with Gasteiger partial charge in [0.05, 0.1) is 16.3 Å². The summed E-state index contributed by atoms with van der Waals surface area (Å²) < 4.78 is 23.8. The molecule has 0 aromatic heterocycles. The smallest absolute Gasteiger partial charge is 0.180 e. The van der Waals surface area contributed by atoms with E-state index in [2.05, 4.69) is 10.2 Å². The lowest BCUT2D eigenvalue weighted by molar-refractivity contribution is 0.405. The van der Waals surface area contributed by atoms with Crippen LogP contribution in [0.5, 0.6) is 0 Å². The minimum Gasteiger partial charge on any atom is -0.384 e. The van der Waals surface area contributed by atoms with Crippen LogP contribution in [0.3, 0.4) is 0 Å². The van der Waals surface area contributed by atoms with E-state index in [0.29, 0.717) is 10.6 Å². The minimum atomic E-state index is -3.16. The van der Waals surface area contributed by atoms with E-state index in [-0.39, 0.29) is 5.75 Å². The third kappa shape index (κ3) is 4.31. The second-order valence-electron chi connectivity index (χ2n) is 4.48. The Hall–Kier alpha value is -1.07. The molecule has 0 radical (unpaired) electrons. The van der Waals surface area contributed by atoms with Crippen LogP contribution in [0.25, 0.3) is 0 Å². The first kappa shape index (κ1) is 15.0. The molecule has 0 aliphatic rings. The molecule has 0 saturated carbocycles. The third-order valence-electron chi connectivity index (χ3n) is 2.70. The molecule has 0 aliphatic carbocycles. The zero-order valence-corrected chi connectivity index (χ0v) is 12.1. The Morgan fingerprint density at radius 1 is 1.22 bits per heavy atom. The van der Waals surface area contributed by atoms with Crippen LogP contribution in [-0.4, -0.2) is 46.3 Å². The van der Waals surface area contributed by atoms with Crippen molar-refractivity contribution in [3.05, 3.63) is 24.3 Å². The molecule has 18 heavy (non-hydrogen) atoms. The van der Waals surface area contributed by atoms with Gasteiger partial charge in [0.2, 0.25) is 0 Å². The van der Waals surface area contributed by atoms with E-state index < -0.39 is 9.84 Å². The summed E-state index contributed by atoms with van der Waals surface area (Å²) in [7, 11) is 0.891. The fourth-order valence-corrected chi connectivity index (χ4v) is 2.73. The van der Waals surface area contributed by atoms with Crippen molar-refractivity contribution in [1.29, 1.82) is 0 Å². The highest BCUT2D eigenvalue weighted by Crippen LogP contribution is 2.21. The largest absolute Gasteiger partial charge is 0.384 e. The van der Waals surface area contributed by atoms with E-state index in [1.165, 1.54) is 0 Å². The fourth-order valence-electron chi connectivity index (χ4n) is 1.66. The molecule has 0 fully saturated rings. The molecule has 1 rings (SSSR count). The van der Waals surface area contributed by atoms with Crippen LogP contribution in [0.1, 0.15) is 13.3 Å². The molecule has 0 atom stereocenters. The van der Waals surface area contributed by atoms with Gasteiger partial charge in [-0.15, -0.1) is 0 Å². The second-order valence-corrected chi connectivity index (χ2v) is 6.73. The van der Waals surface area contributed by atoms with E-state index in [1.54, 1.807) is 19.1 Å². The summed E-state index contributed by atoms with van der Waals surface area (Å²) in [6.07, 6.45) is 0.980. The summed E-state index contributed by atoms with van der Waals surface area (Å²) in [6.45, 7) is 3.42. The molecule has 1 aromatic rings. The van der Waals surface area contributed by atoms with Crippen molar-refractivity contribution in [3.8, 4) is 0 Å². The van der Waals surface area contributed by atoms with Gasteiger partial charge in [0, 0.05) is 6.54 Å². The molecular weight excluding hydrogens is 248 g/mol. The Bertz CT molecular complexity index is 470. The van der Waals surface area contributed by atoms with Crippen molar-refractivity contribution in [2.75, 3.05) is 38.3 Å². The van der Waals surface area contributed by atoms with Gasteiger partial charge < -0.3 is 10.2 Å². The molecule has 4 nitrogen and oxygen atoms in total. The van der Waals surface area contributed by atoms with Crippen LogP contribution in [0, 0.1) is 0 Å². The highest BCUT2D eigenvalue weighted by molar-refractivity contribution is 7.91. The van der Waals surface area contributed by atoms with Crippen LogP contribution < -0.4 is 5.32 Å². The van der Waals surface area contributed by atoms with Gasteiger partial charge in [-0.05, 0) is 39.2 Å². The maximum Gasteiger partial charge on any atom is 0.180 e. The number of hydrogen-bond donors (Lipinski definition) is 1. The Morgan fingerprint density at radius 3 is 2.50 bits per heavy atom. The first-order valence-corrected chi connectivity index (χ1v) is 7.83. The summed E-state index contributed by atoms with van der Waals surface area (Å²) in [6, 6.07) is 7.09. The van der Waals surface area contributed by atoms with Crippen molar-refractivity contribution in [2.45, 2.75) is 18.2 Å². The summed E-state index contributed by atoms with van der Waals surface area (Å²) in [5, 5.41) is 3.20. The molecule has 0 unspecified atom stereocenters. The molecule has 102 valence electrons. The van der Waals surface area contributed by atoms with Crippen molar-refractivity contribution in [3.63, 3.8) is 0 Å². The summed E-state index contributed by atoms with van der Waals surface area (Å²) in [4.78, 5) is 2.51. The Labute approximate surface area is 110 Å².